The highest BCUT2D eigenvalue weighted by Crippen LogP contribution is 2.26. The second-order valence-electron chi connectivity index (χ2n) is 6.63. The van der Waals surface area contributed by atoms with Crippen LogP contribution in [0.4, 0.5) is 11.4 Å². The molecule has 4 rings (SSSR count). The lowest BCUT2D eigenvalue weighted by Gasteiger charge is -2.13. The molecule has 1 heterocycles. The van der Waals surface area contributed by atoms with Gasteiger partial charge in [-0.2, -0.15) is 0 Å². The molecule has 1 aromatic heterocycles. The molecule has 0 aliphatic heterocycles. The van der Waals surface area contributed by atoms with Crippen LogP contribution in [0, 0.1) is 5.41 Å². The van der Waals surface area contributed by atoms with Crippen LogP contribution in [-0.4, -0.2) is 16.7 Å². The Balaban J connectivity index is 1.58. The minimum atomic E-state index is -1.30. The highest BCUT2D eigenvalue weighted by molar-refractivity contribution is 6.14. The number of hydrogen-bond acceptors (Lipinski definition) is 5. The summed E-state index contributed by atoms with van der Waals surface area (Å²) in [6.45, 7) is 0. The fourth-order valence-electron chi connectivity index (χ4n) is 3.09. The molecule has 0 aliphatic carbocycles. The molecule has 6 nitrogen and oxygen atoms in total. The predicted octanol–water partition coefficient (Wildman–Crippen LogP) is 4.10. The maximum absolute atomic E-state index is 12.4. The molecule has 0 fully saturated rings. The third-order valence-corrected chi connectivity index (χ3v) is 4.63. The third kappa shape index (κ3) is 3.74. The van der Waals surface area contributed by atoms with E-state index in [0.717, 1.165) is 5.39 Å². The fourth-order valence-corrected chi connectivity index (χ4v) is 3.09. The summed E-state index contributed by atoms with van der Waals surface area (Å²) in [5.41, 5.74) is 8.59. The minimum absolute atomic E-state index is 0.110. The van der Waals surface area contributed by atoms with Crippen molar-refractivity contribution in [3.8, 4) is 0 Å². The second kappa shape index (κ2) is 7.61. The summed E-state index contributed by atoms with van der Waals surface area (Å²) in [5.74, 6) is -0.187. The minimum Gasteiger partial charge on any atom is -0.454 e. The van der Waals surface area contributed by atoms with E-state index in [2.05, 4.69) is 5.32 Å². The van der Waals surface area contributed by atoms with Crippen LogP contribution in [0.2, 0.25) is 0 Å². The van der Waals surface area contributed by atoms with Crippen molar-refractivity contribution in [1.82, 2.24) is 0 Å². The number of para-hydroxylation sites is 1. The highest BCUT2D eigenvalue weighted by Gasteiger charge is 2.19. The molecule has 0 spiro atoms. The lowest BCUT2D eigenvalue weighted by Crippen LogP contribution is -2.21. The van der Waals surface area contributed by atoms with Gasteiger partial charge in [0.1, 0.15) is 11.3 Å². The molecule has 0 bridgehead atoms. The molecule has 3 aromatic carbocycles. The van der Waals surface area contributed by atoms with Gasteiger partial charge in [0.15, 0.2) is 11.9 Å². The lowest BCUT2D eigenvalue weighted by atomic mass is 10.0. The van der Waals surface area contributed by atoms with Crippen molar-refractivity contribution in [1.29, 1.82) is 5.41 Å². The van der Waals surface area contributed by atoms with Gasteiger partial charge in [0.05, 0.1) is 0 Å². The largest absolute Gasteiger partial charge is 0.454 e. The first-order valence-electron chi connectivity index (χ1n) is 9.04. The van der Waals surface area contributed by atoms with Gasteiger partial charge in [0.2, 0.25) is 0 Å². The van der Waals surface area contributed by atoms with E-state index in [1.54, 1.807) is 48.5 Å². The van der Waals surface area contributed by atoms with Gasteiger partial charge < -0.3 is 20.6 Å². The van der Waals surface area contributed by atoms with E-state index >= 15 is 0 Å². The Labute approximate surface area is 167 Å². The molecule has 0 saturated carbocycles. The number of anilines is 2. The summed E-state index contributed by atoms with van der Waals surface area (Å²) in [4.78, 5) is 12.4. The Morgan fingerprint density at radius 1 is 1.00 bits per heavy atom. The number of furan rings is 1. The van der Waals surface area contributed by atoms with Gasteiger partial charge in [-0.05, 0) is 35.9 Å². The Hall–Kier alpha value is -3.90. The number of amides is 1. The normalized spacial score (nSPS) is 11.9. The van der Waals surface area contributed by atoms with Gasteiger partial charge in [-0.3, -0.25) is 10.2 Å². The van der Waals surface area contributed by atoms with Crippen LogP contribution >= 0.6 is 0 Å². The first kappa shape index (κ1) is 18.5. The van der Waals surface area contributed by atoms with Crippen molar-refractivity contribution >= 4 is 34.0 Å². The van der Waals surface area contributed by atoms with Crippen LogP contribution in [-0.2, 0) is 4.79 Å². The number of benzene rings is 3. The number of nitrogens with one attached hydrogen (secondary N) is 2. The Morgan fingerprint density at radius 2 is 1.72 bits per heavy atom. The fraction of sp³-hybridized carbons (Fsp3) is 0.0435. The van der Waals surface area contributed by atoms with Gasteiger partial charge in [0, 0.05) is 22.3 Å². The van der Waals surface area contributed by atoms with E-state index in [-0.39, 0.29) is 5.71 Å². The summed E-state index contributed by atoms with van der Waals surface area (Å²) in [6.07, 6.45) is -1.30. The number of carbonyl (C=O) groups excluding carboxylic acids is 1. The number of nitrogen functional groups attached to an aromatic ring is 1. The smallest absolute Gasteiger partial charge is 0.257 e. The molecule has 1 unspecified atom stereocenters. The number of rotatable bonds is 5. The Morgan fingerprint density at radius 3 is 2.48 bits per heavy atom. The standard InChI is InChI=1S/C23H19N3O3/c24-18-11-10-16(26-23(28)22(27)14-6-2-1-3-7-14)13-17(18)21(25)20-12-15-8-4-5-9-19(15)29-20/h1-13,22,25,27H,24H2,(H,26,28). The lowest BCUT2D eigenvalue weighted by molar-refractivity contribution is -0.124. The van der Waals surface area contributed by atoms with Crippen molar-refractivity contribution in [2.24, 2.45) is 0 Å². The SMILES string of the molecule is N=C(c1cc2ccccc2o1)c1cc(NC(=O)C(O)c2ccccc2)ccc1N. The van der Waals surface area contributed by atoms with Crippen molar-refractivity contribution in [2.45, 2.75) is 6.10 Å². The van der Waals surface area contributed by atoms with Crippen LogP contribution in [0.1, 0.15) is 23.0 Å². The molecule has 144 valence electrons. The molecule has 1 atom stereocenters. The van der Waals surface area contributed by atoms with Crippen molar-refractivity contribution in [3.05, 3.63) is 95.7 Å². The first-order chi connectivity index (χ1) is 14.0. The number of aliphatic hydroxyl groups excluding tert-OH is 1. The second-order valence-corrected chi connectivity index (χ2v) is 6.63. The van der Waals surface area contributed by atoms with Crippen LogP contribution in [0.5, 0.6) is 0 Å². The molecule has 0 radical (unpaired) electrons. The Kier molecular flexibility index (Phi) is 4.85. The topological polar surface area (TPSA) is 112 Å². The van der Waals surface area contributed by atoms with Gasteiger partial charge in [0.25, 0.3) is 5.91 Å². The van der Waals surface area contributed by atoms with E-state index in [1.807, 2.05) is 30.3 Å². The zero-order valence-corrected chi connectivity index (χ0v) is 15.4. The Bertz CT molecular complexity index is 1170. The molecular formula is C23H19N3O3. The highest BCUT2D eigenvalue weighted by atomic mass is 16.3. The van der Waals surface area contributed by atoms with Crippen LogP contribution < -0.4 is 11.1 Å². The summed E-state index contributed by atoms with van der Waals surface area (Å²) in [5, 5.41) is 22.3. The molecule has 29 heavy (non-hydrogen) atoms. The zero-order chi connectivity index (χ0) is 20.4. The van der Waals surface area contributed by atoms with Gasteiger partial charge >= 0.3 is 0 Å². The number of nitrogens with two attached hydrogens (primary N) is 1. The maximum Gasteiger partial charge on any atom is 0.257 e. The van der Waals surface area contributed by atoms with Crippen LogP contribution in [0.25, 0.3) is 11.0 Å². The summed E-state index contributed by atoms with van der Waals surface area (Å²) >= 11 is 0. The van der Waals surface area contributed by atoms with Crippen molar-refractivity contribution in [3.63, 3.8) is 0 Å². The number of hydrogen-bond donors (Lipinski definition) is 4. The predicted molar refractivity (Wildman–Crippen MR) is 113 cm³/mol. The summed E-state index contributed by atoms with van der Waals surface area (Å²) < 4.78 is 5.75. The maximum atomic E-state index is 12.4. The molecular weight excluding hydrogens is 366 g/mol. The van der Waals surface area contributed by atoms with Crippen LogP contribution in [0.15, 0.2) is 83.3 Å². The van der Waals surface area contributed by atoms with Crippen molar-refractivity contribution in [2.75, 3.05) is 11.1 Å². The number of aliphatic hydroxyl groups is 1. The van der Waals surface area contributed by atoms with Crippen molar-refractivity contribution < 1.29 is 14.3 Å². The molecule has 6 heteroatoms. The number of fused-ring (bicyclic) bond motifs is 1. The molecule has 5 N–H and O–H groups in total. The average Bonchev–Trinajstić information content (AvgIpc) is 3.19. The molecule has 1 amide bonds. The average molecular weight is 385 g/mol. The van der Waals surface area contributed by atoms with E-state index in [9.17, 15) is 9.90 Å². The van der Waals surface area contributed by atoms with Gasteiger partial charge in [-0.25, -0.2) is 0 Å². The van der Waals surface area contributed by atoms with Crippen LogP contribution in [0.3, 0.4) is 0 Å². The quantitative estimate of drug-likeness (QED) is 0.306. The number of carbonyl (C=O) groups is 1. The van der Waals surface area contributed by atoms with E-state index < -0.39 is 12.0 Å². The summed E-state index contributed by atoms with van der Waals surface area (Å²) in [6, 6.07) is 22.8. The van der Waals surface area contributed by atoms with E-state index in [1.165, 1.54) is 0 Å². The summed E-state index contributed by atoms with van der Waals surface area (Å²) in [7, 11) is 0. The third-order valence-electron chi connectivity index (χ3n) is 4.63. The molecule has 0 aliphatic rings. The van der Waals surface area contributed by atoms with E-state index in [0.29, 0.717) is 33.8 Å². The van der Waals surface area contributed by atoms with E-state index in [4.69, 9.17) is 15.6 Å². The van der Waals surface area contributed by atoms with Gasteiger partial charge in [-0.15, -0.1) is 0 Å². The zero-order valence-electron chi connectivity index (χ0n) is 15.4. The monoisotopic (exact) mass is 385 g/mol. The van der Waals surface area contributed by atoms with Gasteiger partial charge in [-0.1, -0.05) is 48.5 Å². The molecule has 4 aromatic rings. The first-order valence-corrected chi connectivity index (χ1v) is 9.04. The molecule has 0 saturated heterocycles.